The molecule has 8 nitrogen and oxygen atoms in total. The number of halogens is 1. The predicted octanol–water partition coefficient (Wildman–Crippen LogP) is 2.11. The maximum atomic E-state index is 11.8. The molecule has 9 heteroatoms. The number of carbonyl (C=O) groups excluding carboxylic acids is 1. The van der Waals surface area contributed by atoms with Gasteiger partial charge in [0.05, 0.1) is 22.8 Å². The van der Waals surface area contributed by atoms with Crippen LogP contribution in [0.1, 0.15) is 17.3 Å². The normalized spacial score (nSPS) is 10.4. The van der Waals surface area contributed by atoms with Crippen LogP contribution in [0.3, 0.4) is 0 Å². The zero-order valence-corrected chi connectivity index (χ0v) is 11.6. The highest BCUT2D eigenvalue weighted by atomic mass is 35.5. The summed E-state index contributed by atoms with van der Waals surface area (Å²) in [5, 5.41) is 15.9. The fourth-order valence-electron chi connectivity index (χ4n) is 1.83. The molecule has 0 aliphatic heterocycles. The highest BCUT2D eigenvalue weighted by Crippen LogP contribution is 2.32. The van der Waals surface area contributed by atoms with Crippen LogP contribution in [-0.4, -0.2) is 27.7 Å². The van der Waals surface area contributed by atoms with Crippen LogP contribution in [0.5, 0.6) is 0 Å². The number of H-pyrrole nitrogens is 2. The van der Waals surface area contributed by atoms with Gasteiger partial charge < -0.3 is 4.74 Å². The van der Waals surface area contributed by atoms with E-state index in [0.29, 0.717) is 0 Å². The van der Waals surface area contributed by atoms with Crippen LogP contribution in [0.25, 0.3) is 11.3 Å². The maximum absolute atomic E-state index is 11.8. The number of nitro benzene ring substituents is 1. The second-order valence-corrected chi connectivity index (χ2v) is 4.40. The average molecular weight is 312 g/mol. The van der Waals surface area contributed by atoms with Gasteiger partial charge in [-0.15, -0.1) is 0 Å². The van der Waals surface area contributed by atoms with Gasteiger partial charge in [0, 0.05) is 11.1 Å². The van der Waals surface area contributed by atoms with Crippen LogP contribution < -0.4 is 5.56 Å². The van der Waals surface area contributed by atoms with E-state index in [0.717, 1.165) is 6.07 Å². The lowest BCUT2D eigenvalue weighted by molar-refractivity contribution is -0.384. The number of esters is 1. The lowest BCUT2D eigenvalue weighted by atomic mass is 10.1. The second-order valence-electron chi connectivity index (χ2n) is 3.97. The summed E-state index contributed by atoms with van der Waals surface area (Å²) in [6.45, 7) is 1.66. The van der Waals surface area contributed by atoms with E-state index in [1.54, 1.807) is 6.92 Å². The van der Waals surface area contributed by atoms with Crippen molar-refractivity contribution in [2.45, 2.75) is 6.92 Å². The molecule has 1 heterocycles. The molecule has 110 valence electrons. The molecule has 2 N–H and O–H groups in total. The Kier molecular flexibility index (Phi) is 4.08. The number of nitro groups is 1. The number of rotatable bonds is 4. The molecule has 0 aliphatic carbocycles. The summed E-state index contributed by atoms with van der Waals surface area (Å²) in [5.41, 5.74) is -1.31. The van der Waals surface area contributed by atoms with Crippen LogP contribution in [0, 0.1) is 10.1 Å². The standard InChI is InChI=1S/C12H10ClN3O5/c1-2-21-12(18)9-10(14-15-11(9)17)7-4-3-6(13)5-8(7)16(19)20/h3-5H,2H2,1H3,(H2,14,15,17). The lowest BCUT2D eigenvalue weighted by Gasteiger charge is -2.04. The summed E-state index contributed by atoms with van der Waals surface area (Å²) in [6, 6.07) is 3.91. The Labute approximate surface area is 122 Å². The third kappa shape index (κ3) is 2.79. The summed E-state index contributed by atoms with van der Waals surface area (Å²) in [5.74, 6) is -0.862. The van der Waals surface area contributed by atoms with Crippen molar-refractivity contribution in [1.29, 1.82) is 0 Å². The molecule has 0 aliphatic rings. The van der Waals surface area contributed by atoms with Gasteiger partial charge in [-0.3, -0.25) is 25.1 Å². The fourth-order valence-corrected chi connectivity index (χ4v) is 1.99. The van der Waals surface area contributed by atoms with Gasteiger partial charge in [-0.05, 0) is 19.1 Å². The van der Waals surface area contributed by atoms with Gasteiger partial charge >= 0.3 is 5.97 Å². The van der Waals surface area contributed by atoms with Crippen molar-refractivity contribution in [3.63, 3.8) is 0 Å². The van der Waals surface area contributed by atoms with E-state index in [9.17, 15) is 19.7 Å². The fraction of sp³-hybridized carbons (Fsp3) is 0.167. The SMILES string of the molecule is CCOC(=O)c1c(-c2ccc(Cl)cc2[N+](=O)[O-])[nH][nH]c1=O. The number of nitrogens with one attached hydrogen (secondary N) is 2. The quantitative estimate of drug-likeness (QED) is 0.509. The second kappa shape index (κ2) is 5.80. The smallest absolute Gasteiger partial charge is 0.346 e. The summed E-state index contributed by atoms with van der Waals surface area (Å²) < 4.78 is 4.78. The molecular formula is C12H10ClN3O5. The van der Waals surface area contributed by atoms with Crippen LogP contribution in [0.2, 0.25) is 5.02 Å². The Morgan fingerprint density at radius 3 is 2.76 bits per heavy atom. The Bertz CT molecular complexity index is 764. The van der Waals surface area contributed by atoms with Crippen LogP contribution in [0.4, 0.5) is 5.69 Å². The topological polar surface area (TPSA) is 118 Å². The molecule has 0 bridgehead atoms. The first-order valence-corrected chi connectivity index (χ1v) is 6.25. The van der Waals surface area contributed by atoms with E-state index in [1.807, 2.05) is 0 Å². The Morgan fingerprint density at radius 2 is 2.14 bits per heavy atom. The molecule has 1 aromatic carbocycles. The van der Waals surface area contributed by atoms with Crippen LogP contribution >= 0.6 is 11.6 Å². The zero-order valence-electron chi connectivity index (χ0n) is 10.8. The number of hydrogen-bond acceptors (Lipinski definition) is 5. The largest absolute Gasteiger partial charge is 0.462 e. The summed E-state index contributed by atoms with van der Waals surface area (Å²) in [6.07, 6.45) is 0. The maximum Gasteiger partial charge on any atom is 0.346 e. The van der Waals surface area contributed by atoms with E-state index >= 15 is 0 Å². The van der Waals surface area contributed by atoms with E-state index in [1.165, 1.54) is 12.1 Å². The molecule has 0 amide bonds. The molecule has 21 heavy (non-hydrogen) atoms. The van der Waals surface area contributed by atoms with Gasteiger partial charge in [0.1, 0.15) is 0 Å². The minimum atomic E-state index is -0.862. The highest BCUT2D eigenvalue weighted by Gasteiger charge is 2.26. The van der Waals surface area contributed by atoms with Gasteiger partial charge in [-0.2, -0.15) is 0 Å². The number of hydrogen-bond donors (Lipinski definition) is 2. The van der Waals surface area contributed by atoms with E-state index in [-0.39, 0.29) is 34.1 Å². The summed E-state index contributed by atoms with van der Waals surface area (Å²) in [7, 11) is 0. The van der Waals surface area contributed by atoms with Gasteiger partial charge in [0.25, 0.3) is 11.2 Å². The third-order valence-corrected chi connectivity index (χ3v) is 2.92. The van der Waals surface area contributed by atoms with Crippen molar-refractivity contribution in [2.75, 3.05) is 6.61 Å². The van der Waals surface area contributed by atoms with Gasteiger partial charge in [-0.1, -0.05) is 11.6 Å². The Morgan fingerprint density at radius 1 is 1.43 bits per heavy atom. The first-order valence-electron chi connectivity index (χ1n) is 5.87. The van der Waals surface area contributed by atoms with Gasteiger partial charge in [-0.25, -0.2) is 4.79 Å². The number of aromatic amines is 2. The minimum absolute atomic E-state index is 0.0122. The summed E-state index contributed by atoms with van der Waals surface area (Å²) >= 11 is 5.73. The molecule has 0 radical (unpaired) electrons. The number of aromatic nitrogens is 2. The van der Waals surface area contributed by atoms with Crippen molar-refractivity contribution in [3.8, 4) is 11.3 Å². The molecule has 0 saturated carbocycles. The van der Waals surface area contributed by atoms with E-state index in [2.05, 4.69) is 10.2 Å². The third-order valence-electron chi connectivity index (χ3n) is 2.68. The number of ether oxygens (including phenoxy) is 1. The molecule has 1 aromatic heterocycles. The van der Waals surface area contributed by atoms with Crippen molar-refractivity contribution >= 4 is 23.3 Å². The number of nitrogens with zero attached hydrogens (tertiary/aromatic N) is 1. The van der Waals surface area contributed by atoms with E-state index in [4.69, 9.17) is 16.3 Å². The monoisotopic (exact) mass is 311 g/mol. The van der Waals surface area contributed by atoms with E-state index < -0.39 is 16.5 Å². The minimum Gasteiger partial charge on any atom is -0.462 e. The molecule has 0 saturated heterocycles. The highest BCUT2D eigenvalue weighted by molar-refractivity contribution is 6.31. The molecule has 0 unspecified atom stereocenters. The lowest BCUT2D eigenvalue weighted by Crippen LogP contribution is -2.16. The van der Waals surface area contributed by atoms with Gasteiger partial charge in [0.2, 0.25) is 0 Å². The van der Waals surface area contributed by atoms with Crippen molar-refractivity contribution < 1.29 is 14.5 Å². The van der Waals surface area contributed by atoms with Gasteiger partial charge in [0.15, 0.2) is 5.56 Å². The Hall–Kier alpha value is -2.61. The summed E-state index contributed by atoms with van der Waals surface area (Å²) in [4.78, 5) is 33.9. The van der Waals surface area contributed by atoms with Crippen LogP contribution in [0.15, 0.2) is 23.0 Å². The van der Waals surface area contributed by atoms with Crippen molar-refractivity contribution in [3.05, 3.63) is 49.3 Å². The predicted molar refractivity (Wildman–Crippen MR) is 74.5 cm³/mol. The van der Waals surface area contributed by atoms with Crippen molar-refractivity contribution in [2.24, 2.45) is 0 Å². The molecule has 2 rings (SSSR count). The molecule has 0 fully saturated rings. The first kappa shape index (κ1) is 14.8. The van der Waals surface area contributed by atoms with Crippen molar-refractivity contribution in [1.82, 2.24) is 10.2 Å². The average Bonchev–Trinajstić information content (AvgIpc) is 2.80. The molecule has 2 aromatic rings. The Balaban J connectivity index is 2.66. The number of carbonyl (C=O) groups is 1. The zero-order chi connectivity index (χ0) is 15.6. The first-order chi connectivity index (χ1) is 9.95. The molecule has 0 atom stereocenters. The van der Waals surface area contributed by atoms with Crippen LogP contribution in [-0.2, 0) is 4.74 Å². The molecule has 0 spiro atoms. The molecular weight excluding hydrogens is 302 g/mol. The number of benzene rings is 1.